The van der Waals surface area contributed by atoms with Crippen molar-refractivity contribution >= 4 is 23.7 Å². The summed E-state index contributed by atoms with van der Waals surface area (Å²) in [5.41, 5.74) is 0.793. The zero-order chi connectivity index (χ0) is 27.1. The minimum absolute atomic E-state index is 0.00565. The van der Waals surface area contributed by atoms with Gasteiger partial charge in [-0.3, -0.25) is 4.79 Å². The summed E-state index contributed by atoms with van der Waals surface area (Å²) >= 11 is 0. The van der Waals surface area contributed by atoms with Crippen LogP contribution in [0, 0.1) is 5.92 Å². The van der Waals surface area contributed by atoms with E-state index in [1.54, 1.807) is 42.0 Å². The Morgan fingerprint density at radius 1 is 1.19 bits per heavy atom. The smallest absolute Gasteiger partial charge is 0.319 e. The van der Waals surface area contributed by atoms with E-state index in [1.165, 1.54) is 6.42 Å². The second kappa shape index (κ2) is 13.0. The molecule has 37 heavy (non-hydrogen) atoms. The SMILES string of the molecule is CC(C)NC(=O)N(C)C[C@H]1Oc2ccc(NC(=O)NC3CCCCC3)cc2C(=O)N([C@H](C)CO)C[C@H]1C. The number of anilines is 1. The number of nitrogens with zero attached hydrogens (tertiary/aromatic N) is 2. The summed E-state index contributed by atoms with van der Waals surface area (Å²) in [7, 11) is 1.71. The van der Waals surface area contributed by atoms with Crippen molar-refractivity contribution in [1.82, 2.24) is 20.4 Å². The first-order chi connectivity index (χ1) is 17.6. The van der Waals surface area contributed by atoms with Crippen molar-refractivity contribution in [2.24, 2.45) is 5.92 Å². The van der Waals surface area contributed by atoms with Gasteiger partial charge in [0.1, 0.15) is 11.9 Å². The van der Waals surface area contributed by atoms with Gasteiger partial charge in [-0.1, -0.05) is 26.2 Å². The van der Waals surface area contributed by atoms with Crippen LogP contribution in [0.4, 0.5) is 15.3 Å². The molecule has 1 fully saturated rings. The van der Waals surface area contributed by atoms with Crippen LogP contribution >= 0.6 is 0 Å². The molecule has 1 saturated carbocycles. The van der Waals surface area contributed by atoms with Gasteiger partial charge in [0, 0.05) is 37.3 Å². The Balaban J connectivity index is 1.83. The van der Waals surface area contributed by atoms with Gasteiger partial charge >= 0.3 is 12.1 Å². The van der Waals surface area contributed by atoms with Gasteiger partial charge in [0.25, 0.3) is 5.91 Å². The lowest BCUT2D eigenvalue weighted by atomic mass is 9.96. The lowest BCUT2D eigenvalue weighted by Crippen LogP contribution is -2.51. The van der Waals surface area contributed by atoms with Crippen molar-refractivity contribution in [2.45, 2.75) is 84.0 Å². The number of ether oxygens (including phenoxy) is 1. The van der Waals surface area contributed by atoms with Crippen LogP contribution in [-0.4, -0.2) is 83.8 Å². The normalized spacial score (nSPS) is 21.3. The summed E-state index contributed by atoms with van der Waals surface area (Å²) in [6.07, 6.45) is 4.98. The molecule has 0 spiro atoms. The Morgan fingerprint density at radius 3 is 2.54 bits per heavy atom. The number of carbonyl (C=O) groups is 3. The molecule has 10 nitrogen and oxygen atoms in total. The van der Waals surface area contributed by atoms with E-state index in [4.69, 9.17) is 4.74 Å². The molecule has 3 atom stereocenters. The van der Waals surface area contributed by atoms with E-state index < -0.39 is 12.1 Å². The van der Waals surface area contributed by atoms with E-state index in [-0.39, 0.29) is 42.6 Å². The van der Waals surface area contributed by atoms with Crippen LogP contribution in [0.5, 0.6) is 5.75 Å². The number of rotatable bonds is 7. The fourth-order valence-corrected chi connectivity index (χ4v) is 4.83. The second-order valence-electron chi connectivity index (χ2n) is 10.8. The van der Waals surface area contributed by atoms with Crippen LogP contribution in [0.3, 0.4) is 0 Å². The Hall–Kier alpha value is -3.01. The molecule has 3 rings (SSSR count). The van der Waals surface area contributed by atoms with Gasteiger partial charge < -0.3 is 35.6 Å². The topological polar surface area (TPSA) is 123 Å². The lowest BCUT2D eigenvalue weighted by molar-refractivity contribution is 0.0366. The molecule has 2 aliphatic rings. The first kappa shape index (κ1) is 28.6. The molecule has 1 aromatic rings. The average molecular weight is 518 g/mol. The second-order valence-corrected chi connectivity index (χ2v) is 10.8. The maximum Gasteiger partial charge on any atom is 0.319 e. The number of amides is 5. The van der Waals surface area contributed by atoms with Crippen molar-refractivity contribution in [1.29, 1.82) is 0 Å². The summed E-state index contributed by atoms with van der Waals surface area (Å²) in [6, 6.07) is 4.29. The fraction of sp³-hybridized carbons (Fsp3) is 0.667. The van der Waals surface area contributed by atoms with Gasteiger partial charge in [0.2, 0.25) is 0 Å². The third-order valence-corrected chi connectivity index (χ3v) is 7.08. The number of aliphatic hydroxyl groups excluding tert-OH is 1. The van der Waals surface area contributed by atoms with Gasteiger partial charge in [0.15, 0.2) is 0 Å². The number of urea groups is 2. The van der Waals surface area contributed by atoms with E-state index in [9.17, 15) is 19.5 Å². The van der Waals surface area contributed by atoms with E-state index in [1.807, 2.05) is 20.8 Å². The number of carbonyl (C=O) groups excluding carboxylic acids is 3. The third kappa shape index (κ3) is 7.74. The minimum atomic E-state index is -0.408. The molecule has 0 unspecified atom stereocenters. The summed E-state index contributed by atoms with van der Waals surface area (Å²) in [5.74, 6) is -0.00355. The Labute approximate surface area is 220 Å². The van der Waals surface area contributed by atoms with Crippen LogP contribution in [0.15, 0.2) is 18.2 Å². The molecule has 0 bridgehead atoms. The molecule has 206 valence electrons. The Kier molecular flexibility index (Phi) is 10.0. The molecule has 0 aromatic heterocycles. The summed E-state index contributed by atoms with van der Waals surface area (Å²) in [6.45, 7) is 8.05. The van der Waals surface area contributed by atoms with Crippen molar-refractivity contribution in [3.05, 3.63) is 23.8 Å². The monoisotopic (exact) mass is 517 g/mol. The highest BCUT2D eigenvalue weighted by molar-refractivity contribution is 5.99. The van der Waals surface area contributed by atoms with E-state index in [0.29, 0.717) is 30.1 Å². The highest BCUT2D eigenvalue weighted by Gasteiger charge is 2.34. The van der Waals surface area contributed by atoms with Crippen LogP contribution in [0.1, 0.15) is 70.2 Å². The maximum atomic E-state index is 13.6. The zero-order valence-corrected chi connectivity index (χ0v) is 22.8. The Morgan fingerprint density at radius 2 is 1.89 bits per heavy atom. The summed E-state index contributed by atoms with van der Waals surface area (Å²) in [4.78, 5) is 41.9. The quantitative estimate of drug-likeness (QED) is 0.441. The van der Waals surface area contributed by atoms with Crippen LogP contribution in [0.2, 0.25) is 0 Å². The predicted octanol–water partition coefficient (Wildman–Crippen LogP) is 3.41. The zero-order valence-electron chi connectivity index (χ0n) is 22.8. The maximum absolute atomic E-state index is 13.6. The minimum Gasteiger partial charge on any atom is -0.487 e. The van der Waals surface area contributed by atoms with E-state index in [0.717, 1.165) is 25.7 Å². The van der Waals surface area contributed by atoms with E-state index in [2.05, 4.69) is 16.0 Å². The van der Waals surface area contributed by atoms with Crippen LogP contribution in [-0.2, 0) is 0 Å². The molecule has 4 N–H and O–H groups in total. The number of benzene rings is 1. The fourth-order valence-electron chi connectivity index (χ4n) is 4.83. The molecule has 1 heterocycles. The summed E-state index contributed by atoms with van der Waals surface area (Å²) < 4.78 is 6.33. The molecular formula is C27H43N5O5. The summed E-state index contributed by atoms with van der Waals surface area (Å²) in [5, 5.41) is 18.6. The Bertz CT molecular complexity index is 949. The van der Waals surface area contributed by atoms with Gasteiger partial charge in [-0.05, 0) is 51.8 Å². The van der Waals surface area contributed by atoms with E-state index >= 15 is 0 Å². The van der Waals surface area contributed by atoms with Crippen molar-refractivity contribution in [3.63, 3.8) is 0 Å². The van der Waals surface area contributed by atoms with Gasteiger partial charge in [-0.25, -0.2) is 9.59 Å². The third-order valence-electron chi connectivity index (χ3n) is 7.08. The van der Waals surface area contributed by atoms with Crippen LogP contribution in [0.25, 0.3) is 0 Å². The molecule has 1 aromatic carbocycles. The molecule has 0 radical (unpaired) electrons. The average Bonchev–Trinajstić information content (AvgIpc) is 2.86. The number of hydrogen-bond donors (Lipinski definition) is 4. The largest absolute Gasteiger partial charge is 0.487 e. The first-order valence-corrected chi connectivity index (χ1v) is 13.4. The predicted molar refractivity (Wildman–Crippen MR) is 143 cm³/mol. The number of nitrogens with one attached hydrogen (secondary N) is 3. The van der Waals surface area contributed by atoms with Crippen molar-refractivity contribution in [3.8, 4) is 5.75 Å². The molecule has 1 aliphatic heterocycles. The molecule has 1 aliphatic carbocycles. The van der Waals surface area contributed by atoms with Crippen molar-refractivity contribution in [2.75, 3.05) is 32.1 Å². The number of likely N-dealkylation sites (N-methyl/N-ethyl adjacent to an activating group) is 1. The highest BCUT2D eigenvalue weighted by Crippen LogP contribution is 2.31. The standard InChI is InChI=1S/C27H43N5O5/c1-17(2)28-27(36)31(5)15-24-18(3)14-32(19(4)16-33)25(34)22-13-21(11-12-23(22)37-24)30-26(35)29-20-9-7-6-8-10-20/h11-13,17-20,24,33H,6-10,14-16H2,1-5H3,(H,28,36)(H2,29,30,35)/t18-,19-,24-/m1/s1. The number of fused-ring (bicyclic) bond motifs is 1. The first-order valence-electron chi connectivity index (χ1n) is 13.4. The molecule has 0 saturated heterocycles. The number of hydrogen-bond acceptors (Lipinski definition) is 5. The lowest BCUT2D eigenvalue weighted by Gasteiger charge is -2.38. The molecule has 10 heteroatoms. The van der Waals surface area contributed by atoms with Gasteiger partial charge in [0.05, 0.1) is 24.8 Å². The number of aliphatic hydroxyl groups is 1. The highest BCUT2D eigenvalue weighted by atomic mass is 16.5. The van der Waals surface area contributed by atoms with Gasteiger partial charge in [-0.2, -0.15) is 0 Å². The van der Waals surface area contributed by atoms with Gasteiger partial charge in [-0.15, -0.1) is 0 Å². The molecule has 5 amide bonds. The van der Waals surface area contributed by atoms with Crippen LogP contribution < -0.4 is 20.7 Å². The molecular weight excluding hydrogens is 474 g/mol. The van der Waals surface area contributed by atoms with Crippen molar-refractivity contribution < 1.29 is 24.2 Å².